The second-order valence-electron chi connectivity index (χ2n) is 6.14. The van der Waals surface area contributed by atoms with Crippen molar-refractivity contribution in [3.63, 3.8) is 0 Å². The highest BCUT2D eigenvalue weighted by Crippen LogP contribution is 2.10. The highest BCUT2D eigenvalue weighted by atomic mass is 16.4. The monoisotopic (exact) mass is 376 g/mol. The molecule has 0 radical (unpaired) electrons. The maximum absolute atomic E-state index is 11.0. The largest absolute Gasteiger partial charge is 0.549 e. The Bertz CT molecular complexity index is 676. The lowest BCUT2D eigenvalue weighted by Gasteiger charge is -2.28. The first-order chi connectivity index (χ1) is 12.7. The summed E-state index contributed by atoms with van der Waals surface area (Å²) < 4.78 is 0. The molecule has 0 saturated carbocycles. The second-order valence-corrected chi connectivity index (χ2v) is 6.14. The fourth-order valence-electron chi connectivity index (χ4n) is 2.67. The van der Waals surface area contributed by atoms with Gasteiger partial charge in [0.1, 0.15) is 0 Å². The van der Waals surface area contributed by atoms with Gasteiger partial charge in [-0.1, -0.05) is 6.08 Å². The zero-order chi connectivity index (χ0) is 20.4. The van der Waals surface area contributed by atoms with Crippen LogP contribution in [0.15, 0.2) is 24.8 Å². The molecule has 0 saturated heterocycles. The van der Waals surface area contributed by atoms with Crippen molar-refractivity contribution >= 4 is 17.9 Å². The van der Waals surface area contributed by atoms with E-state index in [0.717, 1.165) is 16.2 Å². The van der Waals surface area contributed by atoms with Crippen molar-refractivity contribution in [1.29, 1.82) is 0 Å². The zero-order valence-corrected chi connectivity index (χ0v) is 15.2. The normalized spacial score (nSPS) is 10.9. The number of aromatic nitrogens is 1. The van der Waals surface area contributed by atoms with Crippen molar-refractivity contribution in [2.45, 2.75) is 19.9 Å². The molecule has 1 rings (SSSR count). The van der Waals surface area contributed by atoms with E-state index >= 15 is 0 Å². The van der Waals surface area contributed by atoms with Crippen LogP contribution < -0.4 is 15.3 Å². The molecule has 0 aliphatic carbocycles. The number of carbonyl (C=O) groups excluding carboxylic acids is 3. The molecule has 1 aromatic rings. The van der Waals surface area contributed by atoms with E-state index in [2.05, 4.69) is 11.6 Å². The van der Waals surface area contributed by atoms with Crippen LogP contribution in [0.1, 0.15) is 17.0 Å². The molecule has 0 aromatic carbocycles. The molecular weight excluding hydrogens is 354 g/mol. The molecule has 27 heavy (non-hydrogen) atoms. The Morgan fingerprint density at radius 1 is 1.00 bits per heavy atom. The van der Waals surface area contributed by atoms with Crippen LogP contribution in [0.5, 0.6) is 0 Å². The Labute approximate surface area is 157 Å². The minimum atomic E-state index is -1.43. The van der Waals surface area contributed by atoms with E-state index in [1.54, 1.807) is 6.08 Å². The van der Waals surface area contributed by atoms with E-state index < -0.39 is 37.5 Å². The van der Waals surface area contributed by atoms with Crippen LogP contribution in [-0.2, 0) is 27.3 Å². The molecule has 0 spiro atoms. The highest BCUT2D eigenvalue weighted by Gasteiger charge is 2.12. The van der Waals surface area contributed by atoms with Crippen LogP contribution in [0.2, 0.25) is 0 Å². The van der Waals surface area contributed by atoms with Crippen molar-refractivity contribution in [3.05, 3.63) is 41.7 Å². The maximum atomic E-state index is 11.0. The van der Waals surface area contributed by atoms with E-state index in [9.17, 15) is 29.7 Å². The molecule has 148 valence electrons. The van der Waals surface area contributed by atoms with Crippen LogP contribution >= 0.6 is 0 Å². The fourth-order valence-corrected chi connectivity index (χ4v) is 2.67. The van der Waals surface area contributed by atoms with Gasteiger partial charge in [-0.15, -0.1) is 6.58 Å². The minimum Gasteiger partial charge on any atom is -0.549 e. The predicted molar refractivity (Wildman–Crippen MR) is 89.6 cm³/mol. The number of aliphatic carboxylic acids is 3. The molecule has 9 nitrogen and oxygen atoms in total. The maximum Gasteiger partial charge on any atom is 0.0555 e. The van der Waals surface area contributed by atoms with Crippen LogP contribution in [0, 0.1) is 6.92 Å². The SMILES string of the molecule is C=CCc1cc(C)nc(CN(CCN(CC(=O)[O-])CC(=O)[O-])CC(=O)[O-])c1. The van der Waals surface area contributed by atoms with Crippen molar-refractivity contribution < 1.29 is 29.7 Å². The number of pyridine rings is 1. The summed E-state index contributed by atoms with van der Waals surface area (Å²) in [5.41, 5.74) is 2.39. The predicted octanol–water partition coefficient (Wildman–Crippen LogP) is -3.53. The molecule has 0 aliphatic heterocycles. The van der Waals surface area contributed by atoms with E-state index in [-0.39, 0.29) is 19.6 Å². The standard InChI is InChI=1S/C18H25N3O6/c1-3-4-14-7-13(2)19-15(8-14)9-20(10-16(22)23)5-6-21(11-17(24)25)12-18(26)27/h3,7-8H,1,4-6,9-12H2,2H3,(H,22,23)(H,24,25)(H,26,27)/p-3. The molecule has 1 heterocycles. The number of allylic oxidation sites excluding steroid dienone is 1. The van der Waals surface area contributed by atoms with E-state index in [0.29, 0.717) is 12.1 Å². The van der Waals surface area contributed by atoms with Gasteiger partial charge in [0.15, 0.2) is 0 Å². The van der Waals surface area contributed by atoms with Gasteiger partial charge >= 0.3 is 0 Å². The lowest BCUT2D eigenvalue weighted by atomic mass is 10.1. The number of carboxylic acid groups (broad SMARTS) is 3. The van der Waals surface area contributed by atoms with Crippen molar-refractivity contribution in [2.24, 2.45) is 0 Å². The van der Waals surface area contributed by atoms with Gasteiger partial charge in [0.25, 0.3) is 0 Å². The summed E-state index contributed by atoms with van der Waals surface area (Å²) in [6.07, 6.45) is 2.39. The first-order valence-corrected chi connectivity index (χ1v) is 8.31. The number of carboxylic acids is 3. The Hall–Kier alpha value is -2.78. The Morgan fingerprint density at radius 2 is 1.52 bits per heavy atom. The summed E-state index contributed by atoms with van der Waals surface area (Å²) in [6.45, 7) is 4.19. The number of hydrogen-bond donors (Lipinski definition) is 0. The van der Waals surface area contributed by atoms with Crippen molar-refractivity contribution in [2.75, 3.05) is 32.7 Å². The summed E-state index contributed by atoms with van der Waals surface area (Å²) in [5.74, 6) is -4.17. The zero-order valence-electron chi connectivity index (χ0n) is 15.2. The molecule has 0 bridgehead atoms. The molecule has 0 fully saturated rings. The van der Waals surface area contributed by atoms with Gasteiger partial charge < -0.3 is 29.7 Å². The van der Waals surface area contributed by atoms with Crippen LogP contribution in [0.3, 0.4) is 0 Å². The number of carbonyl (C=O) groups is 3. The molecule has 9 heteroatoms. The Kier molecular flexibility index (Phi) is 9.11. The van der Waals surface area contributed by atoms with Crippen molar-refractivity contribution in [3.8, 4) is 0 Å². The number of aryl methyl sites for hydroxylation is 1. The molecular formula is C18H22N3O6-3. The van der Waals surface area contributed by atoms with Gasteiger partial charge in [-0.05, 0) is 31.0 Å². The van der Waals surface area contributed by atoms with Crippen molar-refractivity contribution in [1.82, 2.24) is 14.8 Å². The van der Waals surface area contributed by atoms with E-state index in [4.69, 9.17) is 0 Å². The minimum absolute atomic E-state index is 0.000566. The van der Waals surface area contributed by atoms with Gasteiger partial charge in [-0.25, -0.2) is 0 Å². The number of hydrogen-bond acceptors (Lipinski definition) is 9. The first kappa shape index (κ1) is 22.3. The van der Waals surface area contributed by atoms with Gasteiger partial charge in [0.2, 0.25) is 0 Å². The highest BCUT2D eigenvalue weighted by molar-refractivity contribution is 5.70. The van der Waals surface area contributed by atoms with Crippen LogP contribution in [-0.4, -0.2) is 65.4 Å². The summed E-state index contributed by atoms with van der Waals surface area (Å²) in [4.78, 5) is 39.5. The molecule has 0 atom stereocenters. The van der Waals surface area contributed by atoms with Gasteiger partial charge in [-0.2, -0.15) is 0 Å². The summed E-state index contributed by atoms with van der Waals surface area (Å²) >= 11 is 0. The number of rotatable bonds is 13. The van der Waals surface area contributed by atoms with Gasteiger partial charge in [-0.3, -0.25) is 14.8 Å². The molecule has 0 unspecified atom stereocenters. The molecule has 1 aromatic heterocycles. The lowest BCUT2D eigenvalue weighted by Crippen LogP contribution is -2.48. The summed E-state index contributed by atoms with van der Waals surface area (Å²) in [6, 6.07) is 3.73. The third-order valence-corrected chi connectivity index (χ3v) is 3.62. The average molecular weight is 376 g/mol. The smallest absolute Gasteiger partial charge is 0.0555 e. The summed E-state index contributed by atoms with van der Waals surface area (Å²) in [5, 5.41) is 32.5. The average Bonchev–Trinajstić information content (AvgIpc) is 2.50. The van der Waals surface area contributed by atoms with Gasteiger partial charge in [0.05, 0.1) is 23.6 Å². The Morgan fingerprint density at radius 3 is 2.04 bits per heavy atom. The summed E-state index contributed by atoms with van der Waals surface area (Å²) in [7, 11) is 0. The van der Waals surface area contributed by atoms with E-state index in [1.807, 2.05) is 19.1 Å². The third-order valence-electron chi connectivity index (χ3n) is 3.62. The molecule has 0 amide bonds. The number of nitrogens with zero attached hydrogens (tertiary/aromatic N) is 3. The quantitative estimate of drug-likeness (QED) is 0.320. The first-order valence-electron chi connectivity index (χ1n) is 8.31. The lowest BCUT2D eigenvalue weighted by molar-refractivity contribution is -0.311. The Balaban J connectivity index is 2.85. The third kappa shape index (κ3) is 9.47. The second kappa shape index (κ2) is 11.0. The molecule has 0 aliphatic rings. The van der Waals surface area contributed by atoms with Crippen LogP contribution in [0.25, 0.3) is 0 Å². The van der Waals surface area contributed by atoms with Gasteiger partial charge in [0, 0.05) is 45.0 Å². The topological polar surface area (TPSA) is 140 Å². The molecule has 0 N–H and O–H groups in total. The van der Waals surface area contributed by atoms with E-state index in [1.165, 1.54) is 4.90 Å². The van der Waals surface area contributed by atoms with Crippen LogP contribution in [0.4, 0.5) is 0 Å². The fraction of sp³-hybridized carbons (Fsp3) is 0.444.